The van der Waals surface area contributed by atoms with E-state index in [0.717, 1.165) is 5.57 Å². The van der Waals surface area contributed by atoms with Gasteiger partial charge in [0.1, 0.15) is 11.6 Å². The molecule has 2 nitrogen and oxygen atoms in total. The van der Waals surface area contributed by atoms with Gasteiger partial charge >= 0.3 is 0 Å². The maximum atomic E-state index is 13.5. The summed E-state index contributed by atoms with van der Waals surface area (Å²) in [5.41, 5.74) is 0.940. The zero-order chi connectivity index (χ0) is 12.1. The topological polar surface area (TPSA) is 26.3 Å². The highest BCUT2D eigenvalue weighted by molar-refractivity contribution is 5.99. The molecule has 0 heterocycles. The summed E-state index contributed by atoms with van der Waals surface area (Å²) in [6.07, 6.45) is 0.822. The predicted octanol–water partition coefficient (Wildman–Crippen LogP) is 3.37. The fraction of sp³-hybridized carbons (Fsp3) is 0.308. The Hall–Kier alpha value is -1.64. The Morgan fingerprint density at radius 1 is 1.44 bits per heavy atom. The number of allylic oxidation sites excluding steroid dienone is 1. The third kappa shape index (κ3) is 2.92. The molecule has 3 heteroatoms. The number of ketones is 1. The summed E-state index contributed by atoms with van der Waals surface area (Å²) >= 11 is 0. The molecule has 0 aliphatic rings. The fourth-order valence-corrected chi connectivity index (χ4v) is 1.40. The molecule has 0 atom stereocenters. The first-order chi connectivity index (χ1) is 7.56. The minimum absolute atomic E-state index is 0.0336. The van der Waals surface area contributed by atoms with Crippen molar-refractivity contribution in [1.82, 2.24) is 0 Å². The fourth-order valence-electron chi connectivity index (χ4n) is 1.40. The average Bonchev–Trinajstić information content (AvgIpc) is 2.25. The molecular weight excluding hydrogens is 207 g/mol. The number of halogens is 1. The molecule has 0 fully saturated rings. The molecule has 1 rings (SSSR count). The molecule has 0 aliphatic heterocycles. The lowest BCUT2D eigenvalue weighted by atomic mass is 10.0. The summed E-state index contributed by atoms with van der Waals surface area (Å²) in [4.78, 5) is 11.8. The molecule has 0 aromatic heterocycles. The van der Waals surface area contributed by atoms with E-state index in [1.165, 1.54) is 19.2 Å². The second-order valence-electron chi connectivity index (χ2n) is 3.70. The summed E-state index contributed by atoms with van der Waals surface area (Å²) in [6.45, 7) is 5.55. The molecule has 0 unspecified atom stereocenters. The lowest BCUT2D eigenvalue weighted by molar-refractivity contribution is 0.0975. The first kappa shape index (κ1) is 12.4. The quantitative estimate of drug-likeness (QED) is 0.564. The van der Waals surface area contributed by atoms with E-state index in [0.29, 0.717) is 6.42 Å². The van der Waals surface area contributed by atoms with E-state index in [2.05, 4.69) is 6.58 Å². The minimum Gasteiger partial charge on any atom is -0.496 e. The van der Waals surface area contributed by atoms with Gasteiger partial charge in [-0.25, -0.2) is 4.39 Å². The van der Waals surface area contributed by atoms with Gasteiger partial charge in [-0.05, 0) is 25.5 Å². The standard InChI is InChI=1S/C13H15FO2/c1-9(2)7-8-11(15)13-10(14)5-4-6-12(13)16-3/h4-6H,1,7-8H2,2-3H3. The Bertz CT molecular complexity index is 410. The van der Waals surface area contributed by atoms with Crippen LogP contribution in [0.5, 0.6) is 5.75 Å². The zero-order valence-corrected chi connectivity index (χ0v) is 9.55. The number of carbonyl (C=O) groups excluding carboxylic acids is 1. The number of hydrogen-bond acceptors (Lipinski definition) is 2. The van der Waals surface area contributed by atoms with Gasteiger partial charge in [-0.2, -0.15) is 0 Å². The second kappa shape index (κ2) is 5.45. The molecule has 86 valence electrons. The molecule has 0 bridgehead atoms. The van der Waals surface area contributed by atoms with Gasteiger partial charge < -0.3 is 4.74 Å². The van der Waals surface area contributed by atoms with Crippen molar-refractivity contribution in [3.8, 4) is 5.75 Å². The number of rotatable bonds is 5. The van der Waals surface area contributed by atoms with Crippen molar-refractivity contribution in [3.05, 3.63) is 41.7 Å². The molecular formula is C13H15FO2. The first-order valence-electron chi connectivity index (χ1n) is 5.06. The third-order valence-corrected chi connectivity index (χ3v) is 2.25. The molecule has 0 amide bonds. The van der Waals surface area contributed by atoms with Crippen LogP contribution >= 0.6 is 0 Å². The highest BCUT2D eigenvalue weighted by atomic mass is 19.1. The van der Waals surface area contributed by atoms with Crippen molar-refractivity contribution in [2.75, 3.05) is 7.11 Å². The SMILES string of the molecule is C=C(C)CCC(=O)c1c(F)cccc1OC. The molecule has 0 aliphatic carbocycles. The van der Waals surface area contributed by atoms with Crippen LogP contribution in [-0.2, 0) is 0 Å². The Kier molecular flexibility index (Phi) is 4.23. The van der Waals surface area contributed by atoms with Crippen LogP contribution in [0.3, 0.4) is 0 Å². The number of carbonyl (C=O) groups is 1. The lowest BCUT2D eigenvalue weighted by Gasteiger charge is -2.08. The summed E-state index contributed by atoms with van der Waals surface area (Å²) in [5, 5.41) is 0. The Balaban J connectivity index is 2.93. The van der Waals surface area contributed by atoms with Crippen LogP contribution in [0.2, 0.25) is 0 Å². The lowest BCUT2D eigenvalue weighted by Crippen LogP contribution is -2.05. The summed E-state index contributed by atoms with van der Waals surface area (Å²) in [6, 6.07) is 4.36. The van der Waals surface area contributed by atoms with E-state index in [1.54, 1.807) is 6.07 Å². The number of benzene rings is 1. The minimum atomic E-state index is -0.536. The smallest absolute Gasteiger partial charge is 0.169 e. The van der Waals surface area contributed by atoms with Crippen LogP contribution in [0.4, 0.5) is 4.39 Å². The summed E-state index contributed by atoms with van der Waals surface area (Å²) in [7, 11) is 1.42. The van der Waals surface area contributed by atoms with E-state index in [9.17, 15) is 9.18 Å². The summed E-state index contributed by atoms with van der Waals surface area (Å²) in [5.74, 6) is -0.504. The Morgan fingerprint density at radius 2 is 2.12 bits per heavy atom. The van der Waals surface area contributed by atoms with Crippen LogP contribution in [0.25, 0.3) is 0 Å². The maximum Gasteiger partial charge on any atom is 0.169 e. The van der Waals surface area contributed by atoms with Crippen LogP contribution < -0.4 is 4.74 Å². The monoisotopic (exact) mass is 222 g/mol. The van der Waals surface area contributed by atoms with Gasteiger partial charge in [0.15, 0.2) is 5.78 Å². The molecule has 0 spiro atoms. The van der Waals surface area contributed by atoms with Crippen LogP contribution in [-0.4, -0.2) is 12.9 Å². The van der Waals surface area contributed by atoms with E-state index in [-0.39, 0.29) is 23.5 Å². The molecule has 0 saturated heterocycles. The normalized spacial score (nSPS) is 9.94. The number of methoxy groups -OCH3 is 1. The van der Waals surface area contributed by atoms with Crippen molar-refractivity contribution in [3.63, 3.8) is 0 Å². The van der Waals surface area contributed by atoms with Crippen molar-refractivity contribution < 1.29 is 13.9 Å². The van der Waals surface area contributed by atoms with Crippen LogP contribution in [0, 0.1) is 5.82 Å². The van der Waals surface area contributed by atoms with Crippen molar-refractivity contribution in [2.45, 2.75) is 19.8 Å². The van der Waals surface area contributed by atoms with Gasteiger partial charge in [0.2, 0.25) is 0 Å². The highest BCUT2D eigenvalue weighted by Gasteiger charge is 2.16. The van der Waals surface area contributed by atoms with Gasteiger partial charge in [0, 0.05) is 6.42 Å². The molecule has 0 saturated carbocycles. The number of ether oxygens (including phenoxy) is 1. The zero-order valence-electron chi connectivity index (χ0n) is 9.55. The maximum absolute atomic E-state index is 13.5. The van der Waals surface area contributed by atoms with Gasteiger partial charge in [-0.1, -0.05) is 11.6 Å². The van der Waals surface area contributed by atoms with Crippen molar-refractivity contribution in [1.29, 1.82) is 0 Å². The van der Waals surface area contributed by atoms with Crippen molar-refractivity contribution in [2.24, 2.45) is 0 Å². The first-order valence-corrected chi connectivity index (χ1v) is 5.06. The third-order valence-electron chi connectivity index (χ3n) is 2.25. The predicted molar refractivity (Wildman–Crippen MR) is 61.3 cm³/mol. The molecule has 1 aromatic rings. The van der Waals surface area contributed by atoms with E-state index < -0.39 is 5.82 Å². The van der Waals surface area contributed by atoms with E-state index in [1.807, 2.05) is 6.92 Å². The Morgan fingerprint density at radius 3 is 2.69 bits per heavy atom. The number of Topliss-reactive ketones (excluding diaryl/α,β-unsaturated/α-hetero) is 1. The van der Waals surface area contributed by atoms with E-state index >= 15 is 0 Å². The molecule has 0 N–H and O–H groups in total. The van der Waals surface area contributed by atoms with Gasteiger partial charge in [0.25, 0.3) is 0 Å². The van der Waals surface area contributed by atoms with Gasteiger partial charge in [-0.3, -0.25) is 4.79 Å². The largest absolute Gasteiger partial charge is 0.496 e. The van der Waals surface area contributed by atoms with Gasteiger partial charge in [-0.15, -0.1) is 6.58 Å². The summed E-state index contributed by atoms with van der Waals surface area (Å²) < 4.78 is 18.5. The molecule has 16 heavy (non-hydrogen) atoms. The van der Waals surface area contributed by atoms with Gasteiger partial charge in [0.05, 0.1) is 12.7 Å². The second-order valence-corrected chi connectivity index (χ2v) is 3.70. The number of hydrogen-bond donors (Lipinski definition) is 0. The Labute approximate surface area is 94.7 Å². The molecule has 1 aromatic carbocycles. The molecule has 0 radical (unpaired) electrons. The van der Waals surface area contributed by atoms with E-state index in [4.69, 9.17) is 4.74 Å². The average molecular weight is 222 g/mol. The van der Waals surface area contributed by atoms with Crippen molar-refractivity contribution >= 4 is 5.78 Å². The van der Waals surface area contributed by atoms with Crippen LogP contribution in [0.15, 0.2) is 30.4 Å². The highest BCUT2D eigenvalue weighted by Crippen LogP contribution is 2.23. The van der Waals surface area contributed by atoms with Crippen LogP contribution in [0.1, 0.15) is 30.1 Å².